The number of carbonyl (C=O) groups excluding carboxylic acids is 2. The lowest BCUT2D eigenvalue weighted by Gasteiger charge is -2.10. The van der Waals surface area contributed by atoms with Crippen LogP contribution >= 0.6 is 0 Å². The zero-order chi connectivity index (χ0) is 15.0. The first-order chi connectivity index (χ1) is 9.52. The van der Waals surface area contributed by atoms with Crippen LogP contribution in [0.3, 0.4) is 0 Å². The van der Waals surface area contributed by atoms with Gasteiger partial charge in [0.2, 0.25) is 11.8 Å². The maximum atomic E-state index is 11.5. The Bertz CT molecular complexity index is 472. The SMILES string of the molecule is COc1ccc(C)cc1CCNC(=O)CCNC(C)=O. The van der Waals surface area contributed by atoms with Crippen LogP contribution < -0.4 is 15.4 Å². The van der Waals surface area contributed by atoms with E-state index < -0.39 is 0 Å². The highest BCUT2D eigenvalue weighted by Gasteiger charge is 2.05. The molecule has 1 rings (SSSR count). The quantitative estimate of drug-likeness (QED) is 0.787. The molecule has 0 heterocycles. The summed E-state index contributed by atoms with van der Waals surface area (Å²) in [4.78, 5) is 22.2. The third kappa shape index (κ3) is 5.73. The van der Waals surface area contributed by atoms with Gasteiger partial charge >= 0.3 is 0 Å². The van der Waals surface area contributed by atoms with Crippen LogP contribution in [0.1, 0.15) is 24.5 Å². The first-order valence-corrected chi connectivity index (χ1v) is 6.67. The summed E-state index contributed by atoms with van der Waals surface area (Å²) in [7, 11) is 1.64. The average Bonchev–Trinajstić information content (AvgIpc) is 2.38. The molecule has 5 heteroatoms. The number of hydrogen-bond donors (Lipinski definition) is 2. The second-order valence-electron chi connectivity index (χ2n) is 4.65. The molecule has 0 spiro atoms. The van der Waals surface area contributed by atoms with Crippen LogP contribution in [0.4, 0.5) is 0 Å². The van der Waals surface area contributed by atoms with Gasteiger partial charge in [0.1, 0.15) is 5.75 Å². The largest absolute Gasteiger partial charge is 0.496 e. The Morgan fingerprint density at radius 1 is 1.20 bits per heavy atom. The van der Waals surface area contributed by atoms with E-state index in [2.05, 4.69) is 16.7 Å². The molecular weight excluding hydrogens is 256 g/mol. The van der Waals surface area contributed by atoms with E-state index in [0.29, 0.717) is 19.5 Å². The van der Waals surface area contributed by atoms with Gasteiger partial charge in [-0.05, 0) is 25.0 Å². The van der Waals surface area contributed by atoms with Gasteiger partial charge in [-0.3, -0.25) is 9.59 Å². The summed E-state index contributed by atoms with van der Waals surface area (Å²) in [6.45, 7) is 4.38. The van der Waals surface area contributed by atoms with Gasteiger partial charge in [-0.25, -0.2) is 0 Å². The molecule has 0 aliphatic carbocycles. The van der Waals surface area contributed by atoms with Crippen molar-refractivity contribution in [1.82, 2.24) is 10.6 Å². The molecule has 0 fully saturated rings. The van der Waals surface area contributed by atoms with Crippen molar-refractivity contribution in [1.29, 1.82) is 0 Å². The zero-order valence-corrected chi connectivity index (χ0v) is 12.3. The number of nitrogens with one attached hydrogen (secondary N) is 2. The molecule has 20 heavy (non-hydrogen) atoms. The number of benzene rings is 1. The Hall–Kier alpha value is -2.04. The Morgan fingerprint density at radius 3 is 2.60 bits per heavy atom. The van der Waals surface area contributed by atoms with Crippen LogP contribution in [0.15, 0.2) is 18.2 Å². The lowest BCUT2D eigenvalue weighted by atomic mass is 10.1. The fourth-order valence-corrected chi connectivity index (χ4v) is 1.88. The molecule has 1 aromatic rings. The Balaban J connectivity index is 2.35. The van der Waals surface area contributed by atoms with Gasteiger partial charge in [0.15, 0.2) is 0 Å². The molecule has 5 nitrogen and oxygen atoms in total. The number of hydrogen-bond acceptors (Lipinski definition) is 3. The number of amides is 2. The van der Waals surface area contributed by atoms with Crippen LogP contribution in [0.5, 0.6) is 5.75 Å². The predicted octanol–water partition coefficient (Wildman–Crippen LogP) is 1.19. The summed E-state index contributed by atoms with van der Waals surface area (Å²) in [5.74, 6) is 0.649. The van der Waals surface area contributed by atoms with Crippen molar-refractivity contribution >= 4 is 11.8 Å². The minimum atomic E-state index is -0.123. The molecule has 110 valence electrons. The van der Waals surface area contributed by atoms with Crippen LogP contribution in [-0.2, 0) is 16.0 Å². The maximum absolute atomic E-state index is 11.5. The molecule has 0 bridgehead atoms. The highest BCUT2D eigenvalue weighted by molar-refractivity contribution is 5.77. The van der Waals surface area contributed by atoms with Crippen molar-refractivity contribution < 1.29 is 14.3 Å². The maximum Gasteiger partial charge on any atom is 0.221 e. The van der Waals surface area contributed by atoms with Crippen molar-refractivity contribution in [3.05, 3.63) is 29.3 Å². The lowest BCUT2D eigenvalue weighted by molar-refractivity contribution is -0.121. The summed E-state index contributed by atoms with van der Waals surface area (Å²) in [5, 5.41) is 5.42. The van der Waals surface area contributed by atoms with Gasteiger partial charge in [0.25, 0.3) is 0 Å². The zero-order valence-electron chi connectivity index (χ0n) is 12.3. The molecule has 1 aromatic carbocycles. The second kappa shape index (κ2) is 8.19. The lowest BCUT2D eigenvalue weighted by Crippen LogP contribution is -2.30. The smallest absolute Gasteiger partial charge is 0.221 e. The molecule has 0 unspecified atom stereocenters. The molecule has 0 saturated carbocycles. The van der Waals surface area contributed by atoms with Gasteiger partial charge < -0.3 is 15.4 Å². The summed E-state index contributed by atoms with van der Waals surface area (Å²) in [6, 6.07) is 5.99. The van der Waals surface area contributed by atoms with Crippen molar-refractivity contribution in [2.75, 3.05) is 20.2 Å². The topological polar surface area (TPSA) is 67.4 Å². The summed E-state index contributed by atoms with van der Waals surface area (Å²) < 4.78 is 5.29. The molecule has 0 saturated heterocycles. The molecular formula is C15H22N2O3. The summed E-state index contributed by atoms with van der Waals surface area (Å²) in [6.07, 6.45) is 1.02. The van der Waals surface area contributed by atoms with Gasteiger partial charge in [-0.15, -0.1) is 0 Å². The number of aryl methyl sites for hydroxylation is 1. The standard InChI is InChI=1S/C15H22N2O3/c1-11-4-5-14(20-3)13(10-11)6-8-17-15(19)7-9-16-12(2)18/h4-5,10H,6-9H2,1-3H3,(H,16,18)(H,17,19). The highest BCUT2D eigenvalue weighted by atomic mass is 16.5. The number of rotatable bonds is 7. The van der Waals surface area contributed by atoms with Crippen molar-refractivity contribution in [2.24, 2.45) is 0 Å². The predicted molar refractivity (Wildman–Crippen MR) is 77.7 cm³/mol. The van der Waals surface area contributed by atoms with Crippen molar-refractivity contribution in [3.63, 3.8) is 0 Å². The Kier molecular flexibility index (Phi) is 6.56. The van der Waals surface area contributed by atoms with E-state index in [1.807, 2.05) is 19.1 Å². The minimum absolute atomic E-state index is 0.0645. The Labute approximate surface area is 119 Å². The molecule has 2 amide bonds. The average molecular weight is 278 g/mol. The molecule has 0 atom stereocenters. The second-order valence-corrected chi connectivity index (χ2v) is 4.65. The van der Waals surface area contributed by atoms with Gasteiger partial charge in [0.05, 0.1) is 7.11 Å². The highest BCUT2D eigenvalue weighted by Crippen LogP contribution is 2.19. The number of ether oxygens (including phenoxy) is 1. The molecule has 0 aromatic heterocycles. The first-order valence-electron chi connectivity index (χ1n) is 6.67. The van der Waals surface area contributed by atoms with Crippen molar-refractivity contribution in [3.8, 4) is 5.75 Å². The fourth-order valence-electron chi connectivity index (χ4n) is 1.88. The van der Waals surface area contributed by atoms with Gasteiger partial charge in [-0.1, -0.05) is 17.7 Å². The summed E-state index contributed by atoms with van der Waals surface area (Å²) >= 11 is 0. The molecule has 0 aliphatic rings. The fraction of sp³-hybridized carbons (Fsp3) is 0.467. The van der Waals surface area contributed by atoms with Gasteiger partial charge in [0, 0.05) is 26.4 Å². The molecule has 2 N–H and O–H groups in total. The monoisotopic (exact) mass is 278 g/mol. The van der Waals surface area contributed by atoms with E-state index in [0.717, 1.165) is 23.3 Å². The molecule has 0 aliphatic heterocycles. The van der Waals surface area contributed by atoms with Gasteiger partial charge in [-0.2, -0.15) is 0 Å². The van der Waals surface area contributed by atoms with E-state index >= 15 is 0 Å². The first kappa shape index (κ1) is 16.0. The van der Waals surface area contributed by atoms with Crippen LogP contribution in [0.25, 0.3) is 0 Å². The van der Waals surface area contributed by atoms with E-state index in [1.165, 1.54) is 6.92 Å². The Morgan fingerprint density at radius 2 is 1.95 bits per heavy atom. The number of carbonyl (C=O) groups is 2. The van der Waals surface area contributed by atoms with Crippen LogP contribution in [-0.4, -0.2) is 32.0 Å². The van der Waals surface area contributed by atoms with E-state index in [1.54, 1.807) is 7.11 Å². The van der Waals surface area contributed by atoms with E-state index in [-0.39, 0.29) is 11.8 Å². The third-order valence-electron chi connectivity index (χ3n) is 2.88. The third-order valence-corrected chi connectivity index (χ3v) is 2.88. The van der Waals surface area contributed by atoms with Crippen LogP contribution in [0, 0.1) is 6.92 Å². The normalized spacial score (nSPS) is 9.95. The van der Waals surface area contributed by atoms with Crippen LogP contribution in [0.2, 0.25) is 0 Å². The molecule has 0 radical (unpaired) electrons. The summed E-state index contributed by atoms with van der Waals surface area (Å²) in [5.41, 5.74) is 2.24. The van der Waals surface area contributed by atoms with E-state index in [4.69, 9.17) is 4.74 Å². The van der Waals surface area contributed by atoms with E-state index in [9.17, 15) is 9.59 Å². The van der Waals surface area contributed by atoms with Crippen molar-refractivity contribution in [2.45, 2.75) is 26.7 Å². The number of methoxy groups -OCH3 is 1. The minimum Gasteiger partial charge on any atom is -0.496 e.